The molecule has 2 rings (SSSR count). The van der Waals surface area contributed by atoms with Gasteiger partial charge in [0, 0.05) is 19.5 Å². The maximum Gasteiger partial charge on any atom is 0.237 e. The summed E-state index contributed by atoms with van der Waals surface area (Å²) in [5, 5.41) is 5.85. The van der Waals surface area contributed by atoms with Crippen LogP contribution < -0.4 is 10.6 Å². The highest BCUT2D eigenvalue weighted by molar-refractivity contribution is 5.82. The summed E-state index contributed by atoms with van der Waals surface area (Å²) in [6, 6.07) is -0.307. The minimum Gasteiger partial charge on any atom is -0.354 e. The first-order valence-electron chi connectivity index (χ1n) is 6.41. The summed E-state index contributed by atoms with van der Waals surface area (Å²) in [7, 11) is 0. The van der Waals surface area contributed by atoms with Gasteiger partial charge in [-0.1, -0.05) is 19.3 Å². The van der Waals surface area contributed by atoms with E-state index >= 15 is 0 Å². The van der Waals surface area contributed by atoms with E-state index in [9.17, 15) is 9.18 Å². The van der Waals surface area contributed by atoms with E-state index in [-0.39, 0.29) is 11.9 Å². The molecule has 3 nitrogen and oxygen atoms in total. The van der Waals surface area contributed by atoms with Gasteiger partial charge in [0.2, 0.25) is 5.91 Å². The smallest absolute Gasteiger partial charge is 0.237 e. The van der Waals surface area contributed by atoms with Gasteiger partial charge in [-0.2, -0.15) is 0 Å². The summed E-state index contributed by atoms with van der Waals surface area (Å²) in [5.41, 5.74) is 0. The molecule has 0 unspecified atom stereocenters. The molecule has 0 bridgehead atoms. The molecule has 1 amide bonds. The number of carbonyl (C=O) groups is 1. The van der Waals surface area contributed by atoms with Crippen LogP contribution in [0.15, 0.2) is 0 Å². The van der Waals surface area contributed by atoms with Crippen molar-refractivity contribution in [2.24, 2.45) is 5.92 Å². The van der Waals surface area contributed by atoms with Gasteiger partial charge in [-0.05, 0) is 18.8 Å². The van der Waals surface area contributed by atoms with Gasteiger partial charge >= 0.3 is 0 Å². The number of hydrogen-bond donors (Lipinski definition) is 2. The van der Waals surface area contributed by atoms with Crippen LogP contribution in [0.2, 0.25) is 0 Å². The molecule has 0 aromatic carbocycles. The maximum absolute atomic E-state index is 12.9. The van der Waals surface area contributed by atoms with Gasteiger partial charge in [0.1, 0.15) is 6.17 Å². The minimum absolute atomic E-state index is 0.0225. The number of amides is 1. The monoisotopic (exact) mass is 228 g/mol. The Morgan fingerprint density at radius 2 is 2.06 bits per heavy atom. The first kappa shape index (κ1) is 11.8. The summed E-state index contributed by atoms with van der Waals surface area (Å²) in [6.07, 6.45) is 5.83. The zero-order valence-electron chi connectivity index (χ0n) is 9.68. The van der Waals surface area contributed by atoms with Gasteiger partial charge in [-0.15, -0.1) is 0 Å². The number of alkyl halides is 1. The normalized spacial score (nSPS) is 31.6. The van der Waals surface area contributed by atoms with Crippen molar-refractivity contribution in [1.29, 1.82) is 0 Å². The first-order valence-corrected chi connectivity index (χ1v) is 6.41. The van der Waals surface area contributed by atoms with Crippen LogP contribution in [-0.4, -0.2) is 31.2 Å². The van der Waals surface area contributed by atoms with E-state index in [0.29, 0.717) is 18.9 Å². The number of halogens is 1. The molecule has 1 aliphatic heterocycles. The Morgan fingerprint density at radius 1 is 1.31 bits per heavy atom. The lowest BCUT2D eigenvalue weighted by Gasteiger charge is -2.22. The zero-order chi connectivity index (χ0) is 11.4. The van der Waals surface area contributed by atoms with Crippen LogP contribution in [0.1, 0.15) is 38.5 Å². The third-order valence-electron chi connectivity index (χ3n) is 3.68. The van der Waals surface area contributed by atoms with Gasteiger partial charge in [0.05, 0.1) is 6.04 Å². The fraction of sp³-hybridized carbons (Fsp3) is 0.917. The Balaban J connectivity index is 1.67. The molecule has 92 valence electrons. The molecule has 1 aliphatic carbocycles. The number of rotatable bonds is 3. The van der Waals surface area contributed by atoms with Gasteiger partial charge in [-0.3, -0.25) is 4.79 Å². The van der Waals surface area contributed by atoms with Crippen molar-refractivity contribution in [3.8, 4) is 0 Å². The first-order chi connectivity index (χ1) is 7.75. The topological polar surface area (TPSA) is 41.1 Å². The van der Waals surface area contributed by atoms with E-state index in [1.54, 1.807) is 0 Å². The molecule has 0 aromatic rings. The molecule has 1 heterocycles. The highest BCUT2D eigenvalue weighted by atomic mass is 19.1. The van der Waals surface area contributed by atoms with Gasteiger partial charge in [0.25, 0.3) is 0 Å². The lowest BCUT2D eigenvalue weighted by atomic mass is 9.89. The molecule has 0 radical (unpaired) electrons. The molecular formula is C12H21FN2O. The number of nitrogens with one attached hydrogen (secondary N) is 2. The Hall–Kier alpha value is -0.640. The second kappa shape index (κ2) is 5.62. The molecule has 16 heavy (non-hydrogen) atoms. The van der Waals surface area contributed by atoms with E-state index in [1.165, 1.54) is 32.1 Å². The SMILES string of the molecule is O=C(NCC1CCCCC1)[C@@H]1C[C@@H](F)CN1. The van der Waals surface area contributed by atoms with E-state index < -0.39 is 6.17 Å². The Morgan fingerprint density at radius 3 is 2.69 bits per heavy atom. The molecule has 2 aliphatic rings. The van der Waals surface area contributed by atoms with Crippen molar-refractivity contribution >= 4 is 5.91 Å². The minimum atomic E-state index is -0.856. The standard InChI is InChI=1S/C12H21FN2O/c13-10-6-11(14-8-10)12(16)15-7-9-4-2-1-3-5-9/h9-11,14H,1-8H2,(H,15,16)/t10-,11+/m1/s1. The molecule has 2 atom stereocenters. The fourth-order valence-corrected chi connectivity index (χ4v) is 2.65. The van der Waals surface area contributed by atoms with E-state index in [4.69, 9.17) is 0 Å². The van der Waals surface area contributed by atoms with Gasteiger partial charge < -0.3 is 10.6 Å². The quantitative estimate of drug-likeness (QED) is 0.766. The van der Waals surface area contributed by atoms with E-state index in [1.807, 2.05) is 0 Å². The second-order valence-corrected chi connectivity index (χ2v) is 5.04. The van der Waals surface area contributed by atoms with Crippen LogP contribution in [0, 0.1) is 5.92 Å². The summed E-state index contributed by atoms with van der Waals surface area (Å²) in [6.45, 7) is 1.09. The van der Waals surface area contributed by atoms with Crippen LogP contribution in [0.5, 0.6) is 0 Å². The van der Waals surface area contributed by atoms with Crippen molar-refractivity contribution in [3.63, 3.8) is 0 Å². The van der Waals surface area contributed by atoms with Crippen LogP contribution in [0.3, 0.4) is 0 Å². The Labute approximate surface area is 96.2 Å². The van der Waals surface area contributed by atoms with Crippen LogP contribution in [0.25, 0.3) is 0 Å². The molecule has 0 spiro atoms. The zero-order valence-corrected chi connectivity index (χ0v) is 9.68. The summed E-state index contributed by atoms with van der Waals surface area (Å²) >= 11 is 0. The van der Waals surface area contributed by atoms with Crippen molar-refractivity contribution < 1.29 is 9.18 Å². The average molecular weight is 228 g/mol. The van der Waals surface area contributed by atoms with Crippen molar-refractivity contribution in [2.75, 3.05) is 13.1 Å². The largest absolute Gasteiger partial charge is 0.354 e. The predicted molar refractivity (Wildman–Crippen MR) is 60.9 cm³/mol. The van der Waals surface area contributed by atoms with Gasteiger partial charge in [0.15, 0.2) is 0 Å². The number of carbonyl (C=O) groups excluding carboxylic acids is 1. The fourth-order valence-electron chi connectivity index (χ4n) is 2.65. The van der Waals surface area contributed by atoms with Crippen LogP contribution >= 0.6 is 0 Å². The molecule has 4 heteroatoms. The summed E-state index contributed by atoms with van der Waals surface area (Å²) < 4.78 is 12.9. The summed E-state index contributed by atoms with van der Waals surface area (Å²) in [4.78, 5) is 11.7. The van der Waals surface area contributed by atoms with Crippen molar-refractivity contribution in [3.05, 3.63) is 0 Å². The van der Waals surface area contributed by atoms with Crippen molar-refractivity contribution in [2.45, 2.75) is 50.7 Å². The highest BCUT2D eigenvalue weighted by Crippen LogP contribution is 2.22. The molecule has 0 aromatic heterocycles. The summed E-state index contributed by atoms with van der Waals surface area (Å²) in [5.74, 6) is 0.617. The Kier molecular flexibility index (Phi) is 4.16. The van der Waals surface area contributed by atoms with Gasteiger partial charge in [-0.25, -0.2) is 4.39 Å². The second-order valence-electron chi connectivity index (χ2n) is 5.04. The van der Waals surface area contributed by atoms with Crippen LogP contribution in [-0.2, 0) is 4.79 Å². The highest BCUT2D eigenvalue weighted by Gasteiger charge is 2.29. The van der Waals surface area contributed by atoms with Crippen LogP contribution in [0.4, 0.5) is 4.39 Å². The van der Waals surface area contributed by atoms with E-state index in [2.05, 4.69) is 10.6 Å². The number of hydrogen-bond acceptors (Lipinski definition) is 2. The molecule has 2 N–H and O–H groups in total. The van der Waals surface area contributed by atoms with Crippen molar-refractivity contribution in [1.82, 2.24) is 10.6 Å². The molecule has 1 saturated heterocycles. The lowest BCUT2D eigenvalue weighted by molar-refractivity contribution is -0.123. The average Bonchev–Trinajstić information content (AvgIpc) is 2.74. The molecular weight excluding hydrogens is 207 g/mol. The van der Waals surface area contributed by atoms with E-state index in [0.717, 1.165) is 6.54 Å². The lowest BCUT2D eigenvalue weighted by Crippen LogP contribution is -2.42. The third kappa shape index (κ3) is 3.17. The third-order valence-corrected chi connectivity index (χ3v) is 3.68. The predicted octanol–water partition coefficient (Wildman–Crippen LogP) is 1.38. The molecule has 2 fully saturated rings. The maximum atomic E-state index is 12.9. The molecule has 1 saturated carbocycles. The Bertz CT molecular complexity index is 241.